The molecule has 6 nitrogen and oxygen atoms in total. The van der Waals surface area contributed by atoms with Crippen molar-refractivity contribution < 1.29 is 9.52 Å². The zero-order chi connectivity index (χ0) is 10.8. The Morgan fingerprint density at radius 2 is 2.47 bits per heavy atom. The van der Waals surface area contributed by atoms with Gasteiger partial charge in [0.2, 0.25) is 5.71 Å². The van der Waals surface area contributed by atoms with Gasteiger partial charge in [0.05, 0.1) is 6.10 Å². The molecule has 0 aromatic carbocycles. The van der Waals surface area contributed by atoms with Crippen molar-refractivity contribution in [2.75, 3.05) is 6.54 Å². The average Bonchev–Trinajstić information content (AvgIpc) is 2.57. The number of aliphatic hydroxyl groups is 1. The maximum atomic E-state index is 10.9. The zero-order valence-electron chi connectivity index (χ0n) is 7.93. The van der Waals surface area contributed by atoms with Gasteiger partial charge in [0.15, 0.2) is 0 Å². The third-order valence-electron chi connectivity index (χ3n) is 2.12. The molecule has 15 heavy (non-hydrogen) atoms. The molecule has 2 rings (SSSR count). The number of hydrogen-bond donors (Lipinski definition) is 3. The Hall–Kier alpha value is -1.66. The summed E-state index contributed by atoms with van der Waals surface area (Å²) in [5, 5.41) is 9.64. The van der Waals surface area contributed by atoms with Gasteiger partial charge in [0, 0.05) is 11.8 Å². The molecule has 0 aliphatic rings. The van der Waals surface area contributed by atoms with Crippen LogP contribution < -0.4 is 11.5 Å². The molecule has 0 aliphatic heterocycles. The number of aliphatic hydroxyl groups excluding tert-OH is 1. The molecule has 1 atom stereocenters. The molecule has 0 saturated heterocycles. The Bertz CT molecular complexity index is 517. The van der Waals surface area contributed by atoms with Gasteiger partial charge in [0.25, 0.3) is 0 Å². The van der Waals surface area contributed by atoms with E-state index in [4.69, 9.17) is 10.2 Å². The molecule has 2 aromatic rings. The van der Waals surface area contributed by atoms with Crippen molar-refractivity contribution in [1.82, 2.24) is 9.97 Å². The van der Waals surface area contributed by atoms with Crippen LogP contribution in [0.2, 0.25) is 0 Å². The van der Waals surface area contributed by atoms with Crippen molar-refractivity contribution >= 4 is 11.2 Å². The molecule has 0 fully saturated rings. The highest BCUT2D eigenvalue weighted by Crippen LogP contribution is 2.17. The Morgan fingerprint density at radius 1 is 1.67 bits per heavy atom. The first-order valence-corrected chi connectivity index (χ1v) is 4.57. The smallest absolute Gasteiger partial charge is 0.389 e. The van der Waals surface area contributed by atoms with Crippen LogP contribution in [-0.4, -0.2) is 21.6 Å². The summed E-state index contributed by atoms with van der Waals surface area (Å²) in [5.74, 6) is -0.553. The van der Waals surface area contributed by atoms with Gasteiger partial charge in [-0.2, -0.15) is 0 Å². The van der Waals surface area contributed by atoms with Gasteiger partial charge >= 0.3 is 5.76 Å². The molecule has 0 radical (unpaired) electrons. The van der Waals surface area contributed by atoms with Crippen LogP contribution in [0, 0.1) is 0 Å². The fourth-order valence-electron chi connectivity index (χ4n) is 1.37. The molecule has 2 heterocycles. The molecule has 2 aromatic heterocycles. The van der Waals surface area contributed by atoms with E-state index in [-0.39, 0.29) is 5.71 Å². The number of nitrogens with two attached hydrogens (primary N) is 1. The van der Waals surface area contributed by atoms with Crippen molar-refractivity contribution in [3.63, 3.8) is 0 Å². The van der Waals surface area contributed by atoms with Gasteiger partial charge in [-0.15, -0.1) is 0 Å². The number of hydrogen-bond acceptors (Lipinski definition) is 5. The first-order valence-electron chi connectivity index (χ1n) is 4.57. The second-order valence-corrected chi connectivity index (χ2v) is 3.23. The van der Waals surface area contributed by atoms with Gasteiger partial charge in [-0.05, 0) is 19.0 Å². The Balaban J connectivity index is 2.41. The quantitative estimate of drug-likeness (QED) is 0.654. The number of aromatic nitrogens is 2. The normalized spacial score (nSPS) is 13.2. The molecule has 0 spiro atoms. The zero-order valence-corrected chi connectivity index (χ0v) is 7.93. The van der Waals surface area contributed by atoms with Crippen molar-refractivity contribution in [3.8, 4) is 0 Å². The number of aromatic amines is 1. The largest absolute Gasteiger partial charge is 0.418 e. The number of nitrogens with one attached hydrogen (secondary N) is 1. The van der Waals surface area contributed by atoms with E-state index in [1.165, 1.54) is 6.20 Å². The maximum Gasteiger partial charge on any atom is 0.418 e. The molecule has 80 valence electrons. The molecule has 0 bridgehead atoms. The van der Waals surface area contributed by atoms with Gasteiger partial charge in [-0.1, -0.05) is 0 Å². The van der Waals surface area contributed by atoms with Crippen LogP contribution in [0.3, 0.4) is 0 Å². The number of H-pyrrole nitrogens is 1. The van der Waals surface area contributed by atoms with Crippen molar-refractivity contribution in [2.45, 2.75) is 12.5 Å². The van der Waals surface area contributed by atoms with Crippen LogP contribution in [0.1, 0.15) is 18.1 Å². The summed E-state index contributed by atoms with van der Waals surface area (Å²) < 4.78 is 4.73. The van der Waals surface area contributed by atoms with Crippen LogP contribution in [0.5, 0.6) is 0 Å². The first-order chi connectivity index (χ1) is 7.20. The van der Waals surface area contributed by atoms with E-state index in [0.717, 1.165) is 0 Å². The minimum Gasteiger partial charge on any atom is -0.389 e. The van der Waals surface area contributed by atoms with Crippen LogP contribution >= 0.6 is 0 Å². The highest BCUT2D eigenvalue weighted by Gasteiger charge is 2.09. The Morgan fingerprint density at radius 3 is 3.20 bits per heavy atom. The van der Waals surface area contributed by atoms with E-state index >= 15 is 0 Å². The Labute approximate surface area is 84.7 Å². The van der Waals surface area contributed by atoms with Crippen LogP contribution in [0.15, 0.2) is 21.5 Å². The highest BCUT2D eigenvalue weighted by atomic mass is 16.4. The number of oxazole rings is 1. The molecule has 0 saturated carbocycles. The molecule has 0 aliphatic carbocycles. The van der Waals surface area contributed by atoms with Crippen LogP contribution in [0.4, 0.5) is 0 Å². The fourth-order valence-corrected chi connectivity index (χ4v) is 1.37. The highest BCUT2D eigenvalue weighted by molar-refractivity contribution is 5.67. The van der Waals surface area contributed by atoms with Gasteiger partial charge in [0.1, 0.15) is 5.52 Å². The molecular weight excluding hydrogens is 198 g/mol. The van der Waals surface area contributed by atoms with Crippen molar-refractivity contribution in [3.05, 3.63) is 28.4 Å². The lowest BCUT2D eigenvalue weighted by atomic mass is 10.1. The number of fused-ring (bicyclic) bond motifs is 1. The third kappa shape index (κ3) is 1.90. The van der Waals surface area contributed by atoms with E-state index in [2.05, 4.69) is 9.97 Å². The fraction of sp³-hybridized carbons (Fsp3) is 0.333. The predicted octanol–water partition coefficient (Wildman–Crippen LogP) is -0.102. The predicted molar refractivity (Wildman–Crippen MR) is 53.3 cm³/mol. The van der Waals surface area contributed by atoms with Crippen molar-refractivity contribution in [1.29, 1.82) is 0 Å². The number of nitrogens with zero attached hydrogens (tertiary/aromatic N) is 1. The van der Waals surface area contributed by atoms with Crippen LogP contribution in [-0.2, 0) is 0 Å². The molecule has 1 unspecified atom stereocenters. The molecular formula is C9H11N3O3. The average molecular weight is 209 g/mol. The summed E-state index contributed by atoms with van der Waals surface area (Å²) in [6, 6.07) is 1.63. The second kappa shape index (κ2) is 3.84. The van der Waals surface area contributed by atoms with Gasteiger partial charge in [-0.25, -0.2) is 9.78 Å². The van der Waals surface area contributed by atoms with Crippen molar-refractivity contribution in [2.24, 2.45) is 5.73 Å². The maximum absolute atomic E-state index is 10.9. The lowest BCUT2D eigenvalue weighted by Crippen LogP contribution is -2.06. The molecule has 0 amide bonds. The minimum atomic E-state index is -0.662. The number of pyridine rings is 1. The summed E-state index contributed by atoms with van der Waals surface area (Å²) >= 11 is 0. The van der Waals surface area contributed by atoms with E-state index < -0.39 is 11.9 Å². The summed E-state index contributed by atoms with van der Waals surface area (Å²) in [4.78, 5) is 17.2. The van der Waals surface area contributed by atoms with Gasteiger partial charge in [-0.3, -0.25) is 4.98 Å². The SMILES string of the molecule is NCCC(O)c1cnc2oc(=O)[nH]c2c1. The minimum absolute atomic E-state index is 0.240. The van der Waals surface area contributed by atoms with E-state index in [1.54, 1.807) is 6.07 Å². The monoisotopic (exact) mass is 209 g/mol. The standard InChI is InChI=1S/C9H11N3O3/c10-2-1-7(13)5-3-6-8(11-4-5)15-9(14)12-6/h3-4,7,13H,1-2,10H2,(H,12,14). The van der Waals surface area contributed by atoms with Crippen LogP contribution in [0.25, 0.3) is 11.2 Å². The van der Waals surface area contributed by atoms with Gasteiger partial charge < -0.3 is 15.3 Å². The Kier molecular flexibility index (Phi) is 2.53. The summed E-state index contributed by atoms with van der Waals surface area (Å²) in [6.07, 6.45) is 1.26. The lowest BCUT2D eigenvalue weighted by Gasteiger charge is -2.07. The second-order valence-electron chi connectivity index (χ2n) is 3.23. The number of rotatable bonds is 3. The molecule has 6 heteroatoms. The van der Waals surface area contributed by atoms with E-state index in [0.29, 0.717) is 24.0 Å². The van der Waals surface area contributed by atoms with E-state index in [9.17, 15) is 9.90 Å². The first kappa shape index (κ1) is 9.88. The summed E-state index contributed by atoms with van der Waals surface area (Å²) in [6.45, 7) is 0.390. The lowest BCUT2D eigenvalue weighted by molar-refractivity contribution is 0.170. The molecule has 4 N–H and O–H groups in total. The summed E-state index contributed by atoms with van der Waals surface area (Å²) in [7, 11) is 0. The van der Waals surface area contributed by atoms with E-state index in [1.807, 2.05) is 0 Å². The summed E-state index contributed by atoms with van der Waals surface area (Å²) in [5.41, 5.74) is 6.66. The third-order valence-corrected chi connectivity index (χ3v) is 2.12. The topological polar surface area (TPSA) is 105 Å².